The molecule has 0 N–H and O–H groups in total. The van der Waals surface area contributed by atoms with E-state index in [4.69, 9.17) is 4.74 Å². The number of halogens is 1. The first-order valence-corrected chi connectivity index (χ1v) is 7.06. The lowest BCUT2D eigenvalue weighted by Gasteiger charge is -2.29. The molecule has 5 heteroatoms. The standard InChI is InChI=1S/C12H18BrN3O/c1-2-8-17-11-5-6-14-12(15-11)16-7-3-4-10(13)9-16/h5-6,10H,2-4,7-9H2,1H3. The lowest BCUT2D eigenvalue weighted by atomic mass is 10.1. The van der Waals surface area contributed by atoms with Crippen molar-refractivity contribution in [2.75, 3.05) is 24.6 Å². The lowest BCUT2D eigenvalue weighted by Crippen LogP contribution is -2.36. The highest BCUT2D eigenvalue weighted by Crippen LogP contribution is 2.21. The summed E-state index contributed by atoms with van der Waals surface area (Å²) in [5, 5.41) is 0. The molecule has 0 bridgehead atoms. The van der Waals surface area contributed by atoms with Crippen LogP contribution in [0.1, 0.15) is 26.2 Å². The Balaban J connectivity index is 2.04. The van der Waals surface area contributed by atoms with Crippen molar-refractivity contribution in [2.24, 2.45) is 0 Å². The van der Waals surface area contributed by atoms with Gasteiger partial charge in [0.05, 0.1) is 6.61 Å². The average molecular weight is 300 g/mol. The van der Waals surface area contributed by atoms with Crippen LogP contribution in [0.5, 0.6) is 5.88 Å². The first-order valence-electron chi connectivity index (χ1n) is 6.14. The maximum atomic E-state index is 5.52. The Kier molecular flexibility index (Phi) is 4.59. The number of anilines is 1. The summed E-state index contributed by atoms with van der Waals surface area (Å²) in [5.41, 5.74) is 0. The third-order valence-corrected chi connectivity index (χ3v) is 3.47. The van der Waals surface area contributed by atoms with Crippen LogP contribution in [0.25, 0.3) is 0 Å². The van der Waals surface area contributed by atoms with Gasteiger partial charge in [-0.15, -0.1) is 0 Å². The van der Waals surface area contributed by atoms with Crippen molar-refractivity contribution < 1.29 is 4.74 Å². The summed E-state index contributed by atoms with van der Waals surface area (Å²) in [5.74, 6) is 1.45. The quantitative estimate of drug-likeness (QED) is 0.801. The Morgan fingerprint density at radius 1 is 1.59 bits per heavy atom. The highest BCUT2D eigenvalue weighted by molar-refractivity contribution is 9.09. The smallest absolute Gasteiger partial charge is 0.228 e. The number of alkyl halides is 1. The predicted octanol–water partition coefficient (Wildman–Crippen LogP) is 2.63. The van der Waals surface area contributed by atoms with Gasteiger partial charge < -0.3 is 9.64 Å². The number of nitrogens with zero attached hydrogens (tertiary/aromatic N) is 3. The number of ether oxygens (including phenoxy) is 1. The molecule has 1 aromatic rings. The van der Waals surface area contributed by atoms with E-state index in [0.29, 0.717) is 17.3 Å². The largest absolute Gasteiger partial charge is 0.478 e. The highest BCUT2D eigenvalue weighted by atomic mass is 79.9. The summed E-state index contributed by atoms with van der Waals surface area (Å²) in [6, 6.07) is 1.81. The summed E-state index contributed by atoms with van der Waals surface area (Å²) >= 11 is 3.66. The fourth-order valence-electron chi connectivity index (χ4n) is 1.88. The molecular weight excluding hydrogens is 282 g/mol. The van der Waals surface area contributed by atoms with Crippen molar-refractivity contribution in [3.63, 3.8) is 0 Å². The van der Waals surface area contributed by atoms with Crippen molar-refractivity contribution >= 4 is 21.9 Å². The van der Waals surface area contributed by atoms with E-state index in [2.05, 4.69) is 37.7 Å². The van der Waals surface area contributed by atoms with Gasteiger partial charge in [-0.2, -0.15) is 4.98 Å². The second kappa shape index (κ2) is 6.19. The van der Waals surface area contributed by atoms with Gasteiger partial charge in [0, 0.05) is 30.2 Å². The number of piperidine rings is 1. The van der Waals surface area contributed by atoms with Gasteiger partial charge in [-0.3, -0.25) is 0 Å². The van der Waals surface area contributed by atoms with Crippen molar-refractivity contribution in [3.8, 4) is 5.88 Å². The Labute approximate surface area is 111 Å². The minimum absolute atomic E-state index is 0.542. The summed E-state index contributed by atoms with van der Waals surface area (Å²) < 4.78 is 5.52. The molecule has 0 aliphatic carbocycles. The van der Waals surface area contributed by atoms with Crippen LogP contribution >= 0.6 is 15.9 Å². The van der Waals surface area contributed by atoms with E-state index in [-0.39, 0.29) is 0 Å². The zero-order valence-corrected chi connectivity index (χ0v) is 11.7. The highest BCUT2D eigenvalue weighted by Gasteiger charge is 2.19. The number of rotatable bonds is 4. The Morgan fingerprint density at radius 2 is 2.47 bits per heavy atom. The molecule has 17 heavy (non-hydrogen) atoms. The molecule has 2 rings (SSSR count). The molecule has 1 aliphatic rings. The average Bonchev–Trinajstić information content (AvgIpc) is 2.37. The van der Waals surface area contributed by atoms with Gasteiger partial charge in [0.25, 0.3) is 0 Å². The van der Waals surface area contributed by atoms with E-state index < -0.39 is 0 Å². The Morgan fingerprint density at radius 3 is 3.24 bits per heavy atom. The summed E-state index contributed by atoms with van der Waals surface area (Å²) in [7, 11) is 0. The Bertz CT molecular complexity index is 361. The normalized spacial score (nSPS) is 20.4. The van der Waals surface area contributed by atoms with Crippen LogP contribution in [-0.2, 0) is 0 Å². The summed E-state index contributed by atoms with van der Waals surface area (Å²) in [6.07, 6.45) is 5.17. The topological polar surface area (TPSA) is 38.2 Å². The fourth-order valence-corrected chi connectivity index (χ4v) is 2.55. The van der Waals surface area contributed by atoms with Crippen molar-refractivity contribution in [2.45, 2.75) is 31.0 Å². The van der Waals surface area contributed by atoms with Crippen LogP contribution in [-0.4, -0.2) is 34.5 Å². The predicted molar refractivity (Wildman–Crippen MR) is 72.0 cm³/mol. The van der Waals surface area contributed by atoms with Crippen LogP contribution in [0, 0.1) is 0 Å². The van der Waals surface area contributed by atoms with Crippen LogP contribution < -0.4 is 9.64 Å². The zero-order valence-electron chi connectivity index (χ0n) is 10.1. The van der Waals surface area contributed by atoms with E-state index in [0.717, 1.165) is 25.5 Å². The van der Waals surface area contributed by atoms with Crippen LogP contribution in [0.3, 0.4) is 0 Å². The minimum Gasteiger partial charge on any atom is -0.478 e. The summed E-state index contributed by atoms with van der Waals surface area (Å²) in [6.45, 7) is 4.79. The van der Waals surface area contributed by atoms with Crippen LogP contribution in [0.15, 0.2) is 12.3 Å². The van der Waals surface area contributed by atoms with E-state index in [1.807, 2.05) is 6.07 Å². The van der Waals surface area contributed by atoms with Gasteiger partial charge >= 0.3 is 0 Å². The van der Waals surface area contributed by atoms with E-state index in [1.54, 1.807) is 6.20 Å². The summed E-state index contributed by atoms with van der Waals surface area (Å²) in [4.78, 5) is 11.5. The molecule has 1 atom stereocenters. The first-order chi connectivity index (χ1) is 8.29. The van der Waals surface area contributed by atoms with Gasteiger partial charge in [0.15, 0.2) is 0 Å². The van der Waals surface area contributed by atoms with Crippen LogP contribution in [0.4, 0.5) is 5.95 Å². The van der Waals surface area contributed by atoms with Gasteiger partial charge in [-0.25, -0.2) is 4.98 Å². The number of hydrogen-bond acceptors (Lipinski definition) is 4. The van der Waals surface area contributed by atoms with Gasteiger partial charge in [0.2, 0.25) is 11.8 Å². The van der Waals surface area contributed by atoms with E-state index in [1.165, 1.54) is 12.8 Å². The van der Waals surface area contributed by atoms with E-state index >= 15 is 0 Å². The van der Waals surface area contributed by atoms with Gasteiger partial charge in [-0.05, 0) is 19.3 Å². The van der Waals surface area contributed by atoms with Gasteiger partial charge in [0.1, 0.15) is 0 Å². The molecule has 0 amide bonds. The van der Waals surface area contributed by atoms with Crippen molar-refractivity contribution in [3.05, 3.63) is 12.3 Å². The molecule has 0 aromatic carbocycles. The lowest BCUT2D eigenvalue weighted by molar-refractivity contribution is 0.304. The molecule has 1 unspecified atom stereocenters. The van der Waals surface area contributed by atoms with Crippen molar-refractivity contribution in [1.82, 2.24) is 9.97 Å². The second-order valence-corrected chi connectivity index (χ2v) is 5.52. The van der Waals surface area contributed by atoms with Crippen molar-refractivity contribution in [1.29, 1.82) is 0 Å². The SMILES string of the molecule is CCCOc1ccnc(N2CCCC(Br)C2)n1. The van der Waals surface area contributed by atoms with Crippen LogP contribution in [0.2, 0.25) is 0 Å². The molecule has 0 spiro atoms. The monoisotopic (exact) mass is 299 g/mol. The molecule has 1 fully saturated rings. The second-order valence-electron chi connectivity index (χ2n) is 4.23. The molecule has 4 nitrogen and oxygen atoms in total. The molecule has 0 saturated carbocycles. The van der Waals surface area contributed by atoms with E-state index in [9.17, 15) is 0 Å². The molecule has 0 radical (unpaired) electrons. The minimum atomic E-state index is 0.542. The zero-order chi connectivity index (χ0) is 12.1. The molecular formula is C12H18BrN3O. The maximum absolute atomic E-state index is 5.52. The molecule has 1 aliphatic heterocycles. The molecule has 1 aromatic heterocycles. The maximum Gasteiger partial charge on any atom is 0.228 e. The Hall–Kier alpha value is -0.840. The van der Waals surface area contributed by atoms with Gasteiger partial charge in [-0.1, -0.05) is 22.9 Å². The third-order valence-electron chi connectivity index (χ3n) is 2.72. The number of aromatic nitrogens is 2. The molecule has 2 heterocycles. The fraction of sp³-hybridized carbons (Fsp3) is 0.667. The third kappa shape index (κ3) is 3.56. The number of hydrogen-bond donors (Lipinski definition) is 0. The molecule has 1 saturated heterocycles. The first kappa shape index (κ1) is 12.6. The molecule has 94 valence electrons.